The molecule has 2 heterocycles. The van der Waals surface area contributed by atoms with E-state index in [1.807, 2.05) is 29.2 Å². The molecule has 0 aliphatic carbocycles. The quantitative estimate of drug-likeness (QED) is 0.848. The summed E-state index contributed by atoms with van der Waals surface area (Å²) in [5, 5.41) is 8.10. The van der Waals surface area contributed by atoms with Crippen molar-refractivity contribution < 1.29 is 0 Å². The third-order valence-electron chi connectivity index (χ3n) is 2.59. The Kier molecular flexibility index (Phi) is 3.64. The second-order valence-electron chi connectivity index (χ2n) is 3.86. The molecule has 1 N–H and O–H groups in total. The number of nitrogens with zero attached hydrogens (tertiary/aromatic N) is 3. The normalized spacial score (nSPS) is 12.4. The molecule has 0 bridgehead atoms. The molecule has 0 aliphatic heterocycles. The van der Waals surface area contributed by atoms with Crippen molar-refractivity contribution in [2.24, 2.45) is 0 Å². The number of halogens is 1. The Morgan fingerprint density at radius 2 is 2.35 bits per heavy atom. The van der Waals surface area contributed by atoms with Crippen molar-refractivity contribution in [3.05, 3.63) is 41.4 Å². The number of anilines is 1. The Morgan fingerprint density at radius 3 is 3.00 bits per heavy atom. The van der Waals surface area contributed by atoms with Gasteiger partial charge in [-0.25, -0.2) is 4.98 Å². The number of hydrogen-bond donors (Lipinski definition) is 1. The van der Waals surface area contributed by atoms with Crippen LogP contribution in [0.3, 0.4) is 0 Å². The molecule has 2 aromatic heterocycles. The van der Waals surface area contributed by atoms with Crippen molar-refractivity contribution in [1.29, 1.82) is 0 Å². The first-order valence-corrected chi connectivity index (χ1v) is 5.97. The van der Waals surface area contributed by atoms with Gasteiger partial charge in [-0.15, -0.1) is 0 Å². The number of nitrogens with one attached hydrogen (secondary N) is 1. The van der Waals surface area contributed by atoms with Crippen LogP contribution in [0.25, 0.3) is 0 Å². The summed E-state index contributed by atoms with van der Waals surface area (Å²) in [5.74, 6) is 0. The largest absolute Gasteiger partial charge is 0.378 e. The maximum Gasteiger partial charge on any atom is 0.131 e. The number of aromatic nitrogens is 3. The van der Waals surface area contributed by atoms with Gasteiger partial charge in [-0.3, -0.25) is 4.68 Å². The van der Waals surface area contributed by atoms with E-state index < -0.39 is 0 Å². The SMILES string of the molecule is CCn1cc(C(C)Nc2ccnc(Cl)c2)cn1. The average molecular weight is 251 g/mol. The first kappa shape index (κ1) is 11.9. The molecule has 90 valence electrons. The minimum absolute atomic E-state index is 0.189. The molecule has 1 atom stereocenters. The lowest BCUT2D eigenvalue weighted by Gasteiger charge is -2.13. The Labute approximate surface area is 106 Å². The van der Waals surface area contributed by atoms with Gasteiger partial charge in [0.25, 0.3) is 0 Å². The second kappa shape index (κ2) is 5.19. The zero-order chi connectivity index (χ0) is 12.3. The predicted molar refractivity (Wildman–Crippen MR) is 69.2 cm³/mol. The third kappa shape index (κ3) is 2.97. The lowest BCUT2D eigenvalue weighted by Crippen LogP contribution is -2.05. The van der Waals surface area contributed by atoms with Crippen LogP contribution in [0.2, 0.25) is 5.15 Å². The van der Waals surface area contributed by atoms with Gasteiger partial charge in [0.2, 0.25) is 0 Å². The maximum absolute atomic E-state index is 5.83. The Balaban J connectivity index is 2.08. The summed E-state index contributed by atoms with van der Waals surface area (Å²) < 4.78 is 1.91. The van der Waals surface area contributed by atoms with E-state index in [1.54, 1.807) is 6.20 Å². The molecule has 4 nitrogen and oxygen atoms in total. The van der Waals surface area contributed by atoms with E-state index in [0.717, 1.165) is 17.8 Å². The smallest absolute Gasteiger partial charge is 0.131 e. The van der Waals surface area contributed by atoms with Crippen LogP contribution in [0.4, 0.5) is 5.69 Å². The minimum atomic E-state index is 0.189. The highest BCUT2D eigenvalue weighted by Gasteiger charge is 2.07. The van der Waals surface area contributed by atoms with Crippen molar-refractivity contribution in [1.82, 2.24) is 14.8 Å². The summed E-state index contributed by atoms with van der Waals surface area (Å²) in [5.41, 5.74) is 2.11. The molecule has 2 aromatic rings. The number of rotatable bonds is 4. The van der Waals surface area contributed by atoms with Gasteiger partial charge in [0.15, 0.2) is 0 Å². The Hall–Kier alpha value is -1.55. The van der Waals surface area contributed by atoms with Gasteiger partial charge in [-0.1, -0.05) is 11.6 Å². The molecule has 0 saturated heterocycles. The van der Waals surface area contributed by atoms with Crippen LogP contribution in [0.15, 0.2) is 30.7 Å². The van der Waals surface area contributed by atoms with E-state index in [9.17, 15) is 0 Å². The van der Waals surface area contributed by atoms with E-state index in [-0.39, 0.29) is 6.04 Å². The van der Waals surface area contributed by atoms with Gasteiger partial charge >= 0.3 is 0 Å². The molecule has 0 aliphatic rings. The minimum Gasteiger partial charge on any atom is -0.378 e. The fourth-order valence-electron chi connectivity index (χ4n) is 1.60. The van der Waals surface area contributed by atoms with Crippen LogP contribution in [0.5, 0.6) is 0 Å². The fraction of sp³-hybridized carbons (Fsp3) is 0.333. The molecule has 0 saturated carbocycles. The summed E-state index contributed by atoms with van der Waals surface area (Å²) in [7, 11) is 0. The van der Waals surface area contributed by atoms with Crippen LogP contribution in [0.1, 0.15) is 25.5 Å². The molecule has 0 amide bonds. The summed E-state index contributed by atoms with van der Waals surface area (Å²) >= 11 is 5.83. The van der Waals surface area contributed by atoms with Crippen LogP contribution in [0, 0.1) is 0 Å². The van der Waals surface area contributed by atoms with Gasteiger partial charge in [-0.2, -0.15) is 5.10 Å². The number of aryl methyl sites for hydroxylation is 1. The van der Waals surface area contributed by atoms with Crippen molar-refractivity contribution in [3.8, 4) is 0 Å². The lowest BCUT2D eigenvalue weighted by molar-refractivity contribution is 0.658. The third-order valence-corrected chi connectivity index (χ3v) is 2.79. The molecular weight excluding hydrogens is 236 g/mol. The van der Waals surface area contributed by atoms with Gasteiger partial charge in [0, 0.05) is 30.2 Å². The molecule has 5 heteroatoms. The van der Waals surface area contributed by atoms with E-state index in [2.05, 4.69) is 29.2 Å². The highest BCUT2D eigenvalue weighted by molar-refractivity contribution is 6.29. The molecule has 0 spiro atoms. The Morgan fingerprint density at radius 1 is 1.53 bits per heavy atom. The maximum atomic E-state index is 5.83. The second-order valence-corrected chi connectivity index (χ2v) is 4.25. The van der Waals surface area contributed by atoms with Gasteiger partial charge in [-0.05, 0) is 26.0 Å². The molecule has 17 heavy (non-hydrogen) atoms. The van der Waals surface area contributed by atoms with Crippen LogP contribution < -0.4 is 5.32 Å². The fourth-order valence-corrected chi connectivity index (χ4v) is 1.78. The first-order valence-electron chi connectivity index (χ1n) is 5.59. The molecule has 0 aromatic carbocycles. The van der Waals surface area contributed by atoms with E-state index in [4.69, 9.17) is 11.6 Å². The topological polar surface area (TPSA) is 42.7 Å². The van der Waals surface area contributed by atoms with Crippen molar-refractivity contribution in [3.63, 3.8) is 0 Å². The summed E-state index contributed by atoms with van der Waals surface area (Å²) in [4.78, 5) is 3.95. The van der Waals surface area contributed by atoms with Crippen LogP contribution in [-0.2, 0) is 6.54 Å². The standard InChI is InChI=1S/C12H15ClN4/c1-3-17-8-10(7-15-17)9(2)16-11-4-5-14-12(13)6-11/h4-9H,3H2,1-2H3,(H,14,16). The van der Waals surface area contributed by atoms with E-state index >= 15 is 0 Å². The number of pyridine rings is 1. The molecule has 2 rings (SSSR count). The number of hydrogen-bond acceptors (Lipinski definition) is 3. The lowest BCUT2D eigenvalue weighted by atomic mass is 10.2. The van der Waals surface area contributed by atoms with Crippen molar-refractivity contribution in [2.75, 3.05) is 5.32 Å². The van der Waals surface area contributed by atoms with Crippen LogP contribution >= 0.6 is 11.6 Å². The van der Waals surface area contributed by atoms with Gasteiger partial charge < -0.3 is 5.32 Å². The summed E-state index contributed by atoms with van der Waals surface area (Å²) in [6.45, 7) is 5.04. The average Bonchev–Trinajstić information content (AvgIpc) is 2.77. The monoisotopic (exact) mass is 250 g/mol. The van der Waals surface area contributed by atoms with Crippen LogP contribution in [-0.4, -0.2) is 14.8 Å². The van der Waals surface area contributed by atoms with E-state index in [0.29, 0.717) is 5.15 Å². The summed E-state index contributed by atoms with van der Waals surface area (Å²) in [6.07, 6.45) is 5.61. The highest BCUT2D eigenvalue weighted by Crippen LogP contribution is 2.20. The highest BCUT2D eigenvalue weighted by atomic mass is 35.5. The zero-order valence-corrected chi connectivity index (χ0v) is 10.6. The molecule has 1 unspecified atom stereocenters. The van der Waals surface area contributed by atoms with Crippen molar-refractivity contribution in [2.45, 2.75) is 26.4 Å². The Bertz CT molecular complexity index is 495. The zero-order valence-electron chi connectivity index (χ0n) is 9.89. The van der Waals surface area contributed by atoms with E-state index in [1.165, 1.54) is 0 Å². The molecule has 0 fully saturated rings. The first-order chi connectivity index (χ1) is 8.19. The van der Waals surface area contributed by atoms with Crippen molar-refractivity contribution >= 4 is 17.3 Å². The van der Waals surface area contributed by atoms with Gasteiger partial charge in [0.1, 0.15) is 5.15 Å². The predicted octanol–water partition coefficient (Wildman–Crippen LogP) is 3.12. The molecular formula is C12H15ClN4. The molecule has 0 radical (unpaired) electrons. The van der Waals surface area contributed by atoms with Gasteiger partial charge in [0.05, 0.1) is 12.2 Å². The summed E-state index contributed by atoms with van der Waals surface area (Å²) in [6, 6.07) is 3.89.